The van der Waals surface area contributed by atoms with E-state index < -0.39 is 5.82 Å². The molecule has 0 saturated heterocycles. The number of pyridine rings is 1. The van der Waals surface area contributed by atoms with Gasteiger partial charge in [-0.3, -0.25) is 0 Å². The second-order valence-electron chi connectivity index (χ2n) is 4.62. The summed E-state index contributed by atoms with van der Waals surface area (Å²) < 4.78 is 14.1. The van der Waals surface area contributed by atoms with E-state index in [1.807, 2.05) is 4.90 Å². The van der Waals surface area contributed by atoms with E-state index in [1.165, 1.54) is 12.3 Å². The predicted octanol–water partition coefficient (Wildman–Crippen LogP) is 1.45. The third kappa shape index (κ3) is 2.62. The van der Waals surface area contributed by atoms with Crippen molar-refractivity contribution < 1.29 is 14.6 Å². The van der Waals surface area contributed by atoms with Crippen LogP contribution >= 0.6 is 0 Å². The van der Waals surface area contributed by atoms with Gasteiger partial charge in [0.15, 0.2) is 11.6 Å². The van der Waals surface area contributed by atoms with Gasteiger partial charge < -0.3 is 15.1 Å². The first kappa shape index (κ1) is 13.2. The predicted molar refractivity (Wildman–Crippen MR) is 66.8 cm³/mol. The maximum absolute atomic E-state index is 14.1. The molecule has 0 unspecified atom stereocenters. The van der Waals surface area contributed by atoms with Crippen LogP contribution in [-0.2, 0) is 6.61 Å². The second kappa shape index (κ2) is 6.11. The van der Waals surface area contributed by atoms with Gasteiger partial charge >= 0.3 is 0 Å². The van der Waals surface area contributed by atoms with Gasteiger partial charge in [-0.1, -0.05) is 0 Å². The fraction of sp³-hybridized carbons (Fsp3) is 0.615. The number of aliphatic hydroxyl groups is 2. The molecule has 0 atom stereocenters. The van der Waals surface area contributed by atoms with E-state index in [0.717, 1.165) is 19.3 Å². The Balaban J connectivity index is 2.23. The van der Waals surface area contributed by atoms with Gasteiger partial charge in [-0.2, -0.15) is 0 Å². The van der Waals surface area contributed by atoms with Gasteiger partial charge in [-0.15, -0.1) is 0 Å². The first-order valence-corrected chi connectivity index (χ1v) is 6.39. The van der Waals surface area contributed by atoms with Gasteiger partial charge in [-0.05, 0) is 31.7 Å². The van der Waals surface area contributed by atoms with Crippen molar-refractivity contribution in [3.05, 3.63) is 23.6 Å². The number of aromatic nitrogens is 1. The van der Waals surface area contributed by atoms with E-state index in [1.54, 1.807) is 0 Å². The van der Waals surface area contributed by atoms with E-state index in [0.29, 0.717) is 24.8 Å². The Bertz CT molecular complexity index is 397. The SMILES string of the molecule is OCCCN(c1nccc(CO)c1F)C1CCC1. The minimum Gasteiger partial charge on any atom is -0.396 e. The van der Waals surface area contributed by atoms with Crippen LogP contribution in [0.4, 0.5) is 10.2 Å². The number of hydrogen-bond donors (Lipinski definition) is 2. The molecule has 0 aliphatic heterocycles. The number of halogens is 1. The lowest BCUT2D eigenvalue weighted by Gasteiger charge is -2.38. The summed E-state index contributed by atoms with van der Waals surface area (Å²) in [6.07, 6.45) is 5.35. The van der Waals surface area contributed by atoms with Crippen LogP contribution in [0.3, 0.4) is 0 Å². The van der Waals surface area contributed by atoms with Gasteiger partial charge in [0, 0.05) is 31.0 Å². The molecule has 5 heteroatoms. The Morgan fingerprint density at radius 3 is 2.72 bits per heavy atom. The summed E-state index contributed by atoms with van der Waals surface area (Å²) in [6, 6.07) is 1.80. The van der Waals surface area contributed by atoms with Crippen LogP contribution in [0.15, 0.2) is 12.3 Å². The Morgan fingerprint density at radius 1 is 1.39 bits per heavy atom. The summed E-state index contributed by atoms with van der Waals surface area (Å²) in [4.78, 5) is 6.03. The molecule has 2 N–H and O–H groups in total. The summed E-state index contributed by atoms with van der Waals surface area (Å²) in [7, 11) is 0. The lowest BCUT2D eigenvalue weighted by Crippen LogP contribution is -2.42. The molecule has 2 rings (SSSR count). The van der Waals surface area contributed by atoms with E-state index in [2.05, 4.69) is 4.98 Å². The van der Waals surface area contributed by atoms with Crippen LogP contribution in [0.1, 0.15) is 31.2 Å². The quantitative estimate of drug-likeness (QED) is 0.807. The van der Waals surface area contributed by atoms with Crippen molar-refractivity contribution in [1.29, 1.82) is 0 Å². The molecule has 1 aliphatic rings. The zero-order valence-electron chi connectivity index (χ0n) is 10.3. The van der Waals surface area contributed by atoms with Gasteiger partial charge in [0.05, 0.1) is 6.61 Å². The molecule has 1 fully saturated rings. The lowest BCUT2D eigenvalue weighted by atomic mass is 9.91. The molecule has 0 bridgehead atoms. The van der Waals surface area contributed by atoms with E-state index in [9.17, 15) is 4.39 Å². The van der Waals surface area contributed by atoms with Crippen molar-refractivity contribution in [2.24, 2.45) is 0 Å². The Morgan fingerprint density at radius 2 is 2.17 bits per heavy atom. The molecule has 0 aromatic carbocycles. The highest BCUT2D eigenvalue weighted by molar-refractivity contribution is 5.44. The van der Waals surface area contributed by atoms with Gasteiger partial charge in [-0.25, -0.2) is 9.37 Å². The molecule has 1 saturated carbocycles. The van der Waals surface area contributed by atoms with Gasteiger partial charge in [0.25, 0.3) is 0 Å². The van der Waals surface area contributed by atoms with Crippen LogP contribution < -0.4 is 4.90 Å². The maximum atomic E-state index is 14.1. The fourth-order valence-electron chi connectivity index (χ4n) is 2.19. The van der Waals surface area contributed by atoms with E-state index in [4.69, 9.17) is 10.2 Å². The van der Waals surface area contributed by atoms with Crippen LogP contribution in [0.25, 0.3) is 0 Å². The molecule has 0 spiro atoms. The highest BCUT2D eigenvalue weighted by Crippen LogP contribution is 2.30. The molecule has 0 radical (unpaired) electrons. The summed E-state index contributed by atoms with van der Waals surface area (Å²) in [6.45, 7) is 0.365. The van der Waals surface area contributed by atoms with Crippen LogP contribution in [0.5, 0.6) is 0 Å². The van der Waals surface area contributed by atoms with Crippen molar-refractivity contribution in [1.82, 2.24) is 4.98 Å². The summed E-state index contributed by atoms with van der Waals surface area (Å²) in [5.74, 6) is -0.135. The minimum atomic E-state index is -0.440. The smallest absolute Gasteiger partial charge is 0.171 e. The van der Waals surface area contributed by atoms with Crippen LogP contribution in [-0.4, -0.2) is 34.4 Å². The zero-order chi connectivity index (χ0) is 13.0. The first-order valence-electron chi connectivity index (χ1n) is 6.39. The largest absolute Gasteiger partial charge is 0.396 e. The van der Waals surface area contributed by atoms with Gasteiger partial charge in [0.2, 0.25) is 0 Å². The number of rotatable bonds is 6. The van der Waals surface area contributed by atoms with E-state index in [-0.39, 0.29) is 18.8 Å². The Labute approximate surface area is 106 Å². The normalized spacial score (nSPS) is 15.5. The Kier molecular flexibility index (Phi) is 4.49. The highest BCUT2D eigenvalue weighted by Gasteiger charge is 2.28. The van der Waals surface area contributed by atoms with Crippen molar-refractivity contribution >= 4 is 5.82 Å². The standard InChI is InChI=1S/C13H19FN2O2/c14-12-10(9-18)5-6-15-13(12)16(7-2-8-17)11-3-1-4-11/h5-6,11,17-18H,1-4,7-9H2. The molecule has 1 aromatic heterocycles. The van der Waals surface area contributed by atoms with Crippen molar-refractivity contribution in [3.8, 4) is 0 Å². The molecule has 18 heavy (non-hydrogen) atoms. The van der Waals surface area contributed by atoms with Gasteiger partial charge in [0.1, 0.15) is 0 Å². The van der Waals surface area contributed by atoms with Crippen molar-refractivity contribution in [3.63, 3.8) is 0 Å². The highest BCUT2D eigenvalue weighted by atomic mass is 19.1. The molecule has 0 amide bonds. The zero-order valence-corrected chi connectivity index (χ0v) is 10.3. The van der Waals surface area contributed by atoms with Crippen molar-refractivity contribution in [2.45, 2.75) is 38.3 Å². The molecule has 1 heterocycles. The average Bonchev–Trinajstić information content (AvgIpc) is 2.32. The minimum absolute atomic E-state index is 0.0878. The molecule has 1 aromatic rings. The Hall–Kier alpha value is -1.20. The fourth-order valence-corrected chi connectivity index (χ4v) is 2.19. The van der Waals surface area contributed by atoms with Crippen LogP contribution in [0.2, 0.25) is 0 Å². The maximum Gasteiger partial charge on any atom is 0.171 e. The lowest BCUT2D eigenvalue weighted by molar-refractivity contribution is 0.273. The van der Waals surface area contributed by atoms with Crippen molar-refractivity contribution in [2.75, 3.05) is 18.1 Å². The third-order valence-corrected chi connectivity index (χ3v) is 3.47. The molecule has 4 nitrogen and oxygen atoms in total. The molecular weight excluding hydrogens is 235 g/mol. The number of hydrogen-bond acceptors (Lipinski definition) is 4. The van der Waals surface area contributed by atoms with Crippen LogP contribution in [0, 0.1) is 5.82 Å². The molecule has 1 aliphatic carbocycles. The van der Waals surface area contributed by atoms with E-state index >= 15 is 0 Å². The number of aliphatic hydroxyl groups excluding tert-OH is 2. The summed E-state index contributed by atoms with van der Waals surface area (Å²) >= 11 is 0. The number of anilines is 1. The molecular formula is C13H19FN2O2. The first-order chi connectivity index (χ1) is 8.77. The average molecular weight is 254 g/mol. The molecule has 100 valence electrons. The monoisotopic (exact) mass is 254 g/mol. The summed E-state index contributed by atoms with van der Waals surface area (Å²) in [5.41, 5.74) is 0.272. The summed E-state index contributed by atoms with van der Waals surface area (Å²) in [5, 5.41) is 18.0. The topological polar surface area (TPSA) is 56.6 Å². The second-order valence-corrected chi connectivity index (χ2v) is 4.62. The number of nitrogens with zero attached hydrogens (tertiary/aromatic N) is 2. The third-order valence-electron chi connectivity index (χ3n) is 3.47.